The van der Waals surface area contributed by atoms with Gasteiger partial charge in [0.1, 0.15) is 12.1 Å². The summed E-state index contributed by atoms with van der Waals surface area (Å²) >= 11 is 0. The highest BCUT2D eigenvalue weighted by atomic mass is 19.1. The van der Waals surface area contributed by atoms with Gasteiger partial charge in [-0.25, -0.2) is 9.37 Å². The first kappa shape index (κ1) is 19.9. The van der Waals surface area contributed by atoms with E-state index in [1.807, 2.05) is 31.2 Å². The number of ether oxygens (including phenoxy) is 2. The zero-order valence-corrected chi connectivity index (χ0v) is 16.6. The Morgan fingerprint density at radius 3 is 2.70 bits per heavy atom. The summed E-state index contributed by atoms with van der Waals surface area (Å²) in [5.74, 6) is 1.26. The van der Waals surface area contributed by atoms with Crippen LogP contribution in [0.1, 0.15) is 34.4 Å². The fraction of sp³-hybridized carbons (Fsp3) is 0.273. The van der Waals surface area contributed by atoms with Crippen LogP contribution >= 0.6 is 0 Å². The van der Waals surface area contributed by atoms with Crippen LogP contribution in [0.4, 0.5) is 4.39 Å². The van der Waals surface area contributed by atoms with E-state index in [0.717, 1.165) is 16.9 Å². The van der Waals surface area contributed by atoms with Gasteiger partial charge < -0.3 is 19.2 Å². The van der Waals surface area contributed by atoms with Gasteiger partial charge in [-0.1, -0.05) is 18.2 Å². The second kappa shape index (κ2) is 8.96. The number of nitrogens with one attached hydrogen (secondary N) is 1. The fourth-order valence-electron chi connectivity index (χ4n) is 3.29. The number of carbonyl (C=O) groups is 1. The molecule has 2 aromatic carbocycles. The molecule has 0 spiro atoms. The molecule has 0 saturated carbocycles. The average Bonchev–Trinajstić information content (AvgIpc) is 3.37. The average molecular weight is 411 g/mol. The number of aromatic nitrogens is 1. The Hall–Kier alpha value is -3.39. The lowest BCUT2D eigenvalue weighted by Crippen LogP contribution is -2.24. The molecule has 8 heteroatoms. The molecule has 1 aliphatic heterocycles. The monoisotopic (exact) mass is 411 g/mol. The van der Waals surface area contributed by atoms with Gasteiger partial charge in [-0.05, 0) is 42.3 Å². The number of amides is 1. The van der Waals surface area contributed by atoms with Crippen LogP contribution in [0, 0.1) is 5.82 Å². The number of hydrogen-bond donors (Lipinski definition) is 1. The van der Waals surface area contributed by atoms with E-state index in [2.05, 4.69) is 15.2 Å². The molecule has 4 rings (SSSR count). The summed E-state index contributed by atoms with van der Waals surface area (Å²) in [6.07, 6.45) is 1.35. The predicted molar refractivity (Wildman–Crippen MR) is 106 cm³/mol. The second-order valence-corrected chi connectivity index (χ2v) is 6.95. The maximum absolute atomic E-state index is 13.7. The van der Waals surface area contributed by atoms with E-state index < -0.39 is 0 Å². The van der Waals surface area contributed by atoms with Gasteiger partial charge in [0, 0.05) is 19.6 Å². The maximum Gasteiger partial charge on any atom is 0.273 e. The van der Waals surface area contributed by atoms with E-state index in [0.29, 0.717) is 37.8 Å². The third-order valence-electron chi connectivity index (χ3n) is 4.62. The Morgan fingerprint density at radius 2 is 1.90 bits per heavy atom. The molecule has 0 bridgehead atoms. The van der Waals surface area contributed by atoms with Crippen LogP contribution in [0.3, 0.4) is 0 Å². The summed E-state index contributed by atoms with van der Waals surface area (Å²) in [6, 6.07) is 12.2. The first-order valence-corrected chi connectivity index (χ1v) is 9.68. The lowest BCUT2D eigenvalue weighted by molar-refractivity contribution is 0.0950. The summed E-state index contributed by atoms with van der Waals surface area (Å²) in [6.45, 7) is 3.94. The minimum Gasteiger partial charge on any atom is -0.454 e. The Bertz CT molecular complexity index is 1040. The van der Waals surface area contributed by atoms with Crippen molar-refractivity contribution in [2.45, 2.75) is 26.6 Å². The molecule has 1 N–H and O–H groups in total. The Morgan fingerprint density at radius 1 is 1.10 bits per heavy atom. The van der Waals surface area contributed by atoms with Crippen molar-refractivity contribution in [3.63, 3.8) is 0 Å². The molecular weight excluding hydrogens is 389 g/mol. The number of halogens is 1. The topological polar surface area (TPSA) is 76.8 Å². The van der Waals surface area contributed by atoms with Crippen LogP contribution < -0.4 is 14.8 Å². The number of hydrogen-bond acceptors (Lipinski definition) is 6. The van der Waals surface area contributed by atoms with E-state index in [4.69, 9.17) is 13.9 Å². The molecular formula is C22H22FN3O4. The first-order chi connectivity index (χ1) is 14.6. The molecule has 0 unspecified atom stereocenters. The smallest absolute Gasteiger partial charge is 0.273 e. The van der Waals surface area contributed by atoms with Crippen LogP contribution in [0.25, 0.3) is 0 Å². The summed E-state index contributed by atoms with van der Waals surface area (Å²) in [7, 11) is 0. The molecule has 3 aromatic rings. The summed E-state index contributed by atoms with van der Waals surface area (Å²) in [5, 5.41) is 2.70. The molecule has 7 nitrogen and oxygen atoms in total. The van der Waals surface area contributed by atoms with E-state index in [-0.39, 0.29) is 24.2 Å². The molecule has 1 aliphatic rings. The molecule has 156 valence electrons. The molecule has 0 fully saturated rings. The van der Waals surface area contributed by atoms with Gasteiger partial charge in [-0.3, -0.25) is 9.69 Å². The van der Waals surface area contributed by atoms with Gasteiger partial charge in [0.25, 0.3) is 5.91 Å². The van der Waals surface area contributed by atoms with Crippen LogP contribution in [0.5, 0.6) is 11.5 Å². The quantitative estimate of drug-likeness (QED) is 0.612. The van der Waals surface area contributed by atoms with Crippen molar-refractivity contribution in [3.8, 4) is 11.5 Å². The predicted octanol–water partition coefficient (Wildman–Crippen LogP) is 3.49. The summed E-state index contributed by atoms with van der Waals surface area (Å²) in [4.78, 5) is 18.3. The SMILES string of the molecule is CCNC(=O)c1coc(CN(Cc2cccc(F)c2)Cc2ccc3c(c2)OCO3)n1. The second-order valence-electron chi connectivity index (χ2n) is 6.95. The van der Waals surface area contributed by atoms with Gasteiger partial charge >= 0.3 is 0 Å². The highest BCUT2D eigenvalue weighted by Gasteiger charge is 2.18. The van der Waals surface area contributed by atoms with Gasteiger partial charge in [-0.15, -0.1) is 0 Å². The minimum atomic E-state index is -0.287. The lowest BCUT2D eigenvalue weighted by atomic mass is 10.1. The van der Waals surface area contributed by atoms with E-state index in [9.17, 15) is 9.18 Å². The molecule has 1 aromatic heterocycles. The van der Waals surface area contributed by atoms with Gasteiger partial charge in [0.2, 0.25) is 12.7 Å². The molecule has 30 heavy (non-hydrogen) atoms. The van der Waals surface area contributed by atoms with Crippen molar-refractivity contribution in [3.05, 3.63) is 77.3 Å². The Kier molecular flexibility index (Phi) is 5.94. The van der Waals surface area contributed by atoms with Crippen molar-refractivity contribution >= 4 is 5.91 Å². The van der Waals surface area contributed by atoms with Crippen molar-refractivity contribution in [2.75, 3.05) is 13.3 Å². The molecule has 0 atom stereocenters. The number of rotatable bonds is 8. The summed E-state index contributed by atoms with van der Waals surface area (Å²) < 4.78 is 30.0. The number of nitrogens with zero attached hydrogens (tertiary/aromatic N) is 2. The van der Waals surface area contributed by atoms with Crippen molar-refractivity contribution in [1.82, 2.24) is 15.2 Å². The first-order valence-electron chi connectivity index (χ1n) is 9.68. The third-order valence-corrected chi connectivity index (χ3v) is 4.62. The van der Waals surface area contributed by atoms with Gasteiger partial charge in [-0.2, -0.15) is 0 Å². The zero-order valence-electron chi connectivity index (χ0n) is 16.6. The van der Waals surface area contributed by atoms with E-state index in [1.165, 1.54) is 18.4 Å². The van der Waals surface area contributed by atoms with Crippen molar-refractivity contribution in [2.24, 2.45) is 0 Å². The fourth-order valence-corrected chi connectivity index (χ4v) is 3.29. The molecule has 0 radical (unpaired) electrons. The maximum atomic E-state index is 13.7. The van der Waals surface area contributed by atoms with Gasteiger partial charge in [0.05, 0.1) is 6.54 Å². The third kappa shape index (κ3) is 4.77. The number of benzene rings is 2. The lowest BCUT2D eigenvalue weighted by Gasteiger charge is -2.21. The molecule has 1 amide bonds. The number of fused-ring (bicyclic) bond motifs is 1. The van der Waals surface area contributed by atoms with Crippen molar-refractivity contribution < 1.29 is 23.1 Å². The Labute approximate surface area is 173 Å². The number of carbonyl (C=O) groups excluding carboxylic acids is 1. The minimum absolute atomic E-state index is 0.213. The van der Waals surface area contributed by atoms with Crippen LogP contribution in [-0.2, 0) is 19.6 Å². The number of oxazole rings is 1. The zero-order chi connectivity index (χ0) is 20.9. The highest BCUT2D eigenvalue weighted by molar-refractivity contribution is 5.91. The van der Waals surface area contributed by atoms with Crippen LogP contribution in [-0.4, -0.2) is 29.1 Å². The van der Waals surface area contributed by atoms with Crippen molar-refractivity contribution in [1.29, 1.82) is 0 Å². The Balaban J connectivity index is 1.53. The van der Waals surface area contributed by atoms with E-state index >= 15 is 0 Å². The normalized spacial score (nSPS) is 12.4. The van der Waals surface area contributed by atoms with Gasteiger partial charge in [0.15, 0.2) is 17.2 Å². The molecule has 2 heterocycles. The standard InChI is InChI=1S/C22H22FN3O4/c1-2-24-22(27)18-13-28-21(25-18)12-26(10-15-4-3-5-17(23)8-15)11-16-6-7-19-20(9-16)30-14-29-19/h3-9,13H,2,10-12,14H2,1H3,(H,24,27). The van der Waals surface area contributed by atoms with E-state index in [1.54, 1.807) is 6.07 Å². The molecule has 0 aliphatic carbocycles. The summed E-state index contributed by atoms with van der Waals surface area (Å²) in [5.41, 5.74) is 2.07. The largest absolute Gasteiger partial charge is 0.454 e. The van der Waals surface area contributed by atoms with Crippen LogP contribution in [0.2, 0.25) is 0 Å². The highest BCUT2D eigenvalue weighted by Crippen LogP contribution is 2.33. The molecule has 0 saturated heterocycles. The van der Waals surface area contributed by atoms with Crippen LogP contribution in [0.15, 0.2) is 53.1 Å².